The third-order valence-electron chi connectivity index (χ3n) is 2.90. The van der Waals surface area contributed by atoms with Crippen molar-refractivity contribution in [2.45, 2.75) is 52.1 Å². The van der Waals surface area contributed by atoms with Crippen molar-refractivity contribution in [3.63, 3.8) is 0 Å². The highest BCUT2D eigenvalue weighted by atomic mass is 19.1. The van der Waals surface area contributed by atoms with Crippen LogP contribution in [-0.2, 0) is 0 Å². The lowest BCUT2D eigenvalue weighted by Crippen LogP contribution is -2.29. The van der Waals surface area contributed by atoms with Crippen molar-refractivity contribution >= 4 is 0 Å². The molecular formula is C14H22FN. The van der Waals surface area contributed by atoms with Crippen LogP contribution in [0.5, 0.6) is 0 Å². The molecule has 90 valence electrons. The molecule has 0 amide bonds. The van der Waals surface area contributed by atoms with Crippen LogP contribution in [0.1, 0.15) is 51.6 Å². The van der Waals surface area contributed by atoms with Gasteiger partial charge in [-0.2, -0.15) is 0 Å². The van der Waals surface area contributed by atoms with E-state index >= 15 is 0 Å². The summed E-state index contributed by atoms with van der Waals surface area (Å²) in [4.78, 5) is 0. The predicted octanol–water partition coefficient (Wildman–Crippen LogP) is 4.06. The van der Waals surface area contributed by atoms with Crippen molar-refractivity contribution in [3.05, 3.63) is 35.6 Å². The molecule has 0 radical (unpaired) electrons. The summed E-state index contributed by atoms with van der Waals surface area (Å²) >= 11 is 0. The predicted molar refractivity (Wildman–Crippen MR) is 66.9 cm³/mol. The van der Waals surface area contributed by atoms with Crippen LogP contribution >= 0.6 is 0 Å². The maximum absolute atomic E-state index is 13.5. The van der Waals surface area contributed by atoms with Gasteiger partial charge in [-0.25, -0.2) is 4.39 Å². The maximum Gasteiger partial charge on any atom is 0.127 e. The molecular weight excluding hydrogens is 201 g/mol. The van der Waals surface area contributed by atoms with Crippen LogP contribution in [0.2, 0.25) is 0 Å². The zero-order valence-electron chi connectivity index (χ0n) is 10.5. The monoisotopic (exact) mass is 223 g/mol. The summed E-state index contributed by atoms with van der Waals surface area (Å²) in [6, 6.07) is 7.49. The van der Waals surface area contributed by atoms with Crippen molar-refractivity contribution in [2.75, 3.05) is 0 Å². The molecule has 1 N–H and O–H groups in total. The van der Waals surface area contributed by atoms with Gasteiger partial charge in [-0.15, -0.1) is 0 Å². The molecule has 16 heavy (non-hydrogen) atoms. The summed E-state index contributed by atoms with van der Waals surface area (Å²) < 4.78 is 13.5. The minimum atomic E-state index is -0.120. The molecule has 2 unspecified atom stereocenters. The van der Waals surface area contributed by atoms with Crippen molar-refractivity contribution in [3.8, 4) is 0 Å². The Kier molecular flexibility index (Phi) is 5.47. The lowest BCUT2D eigenvalue weighted by Gasteiger charge is -2.20. The highest BCUT2D eigenvalue weighted by molar-refractivity contribution is 5.20. The van der Waals surface area contributed by atoms with Gasteiger partial charge in [0.1, 0.15) is 5.82 Å². The minimum absolute atomic E-state index is 0.0769. The first-order valence-electron chi connectivity index (χ1n) is 6.15. The van der Waals surface area contributed by atoms with Crippen LogP contribution in [0, 0.1) is 5.82 Å². The molecule has 2 atom stereocenters. The topological polar surface area (TPSA) is 12.0 Å². The van der Waals surface area contributed by atoms with E-state index in [4.69, 9.17) is 0 Å². The van der Waals surface area contributed by atoms with Crippen molar-refractivity contribution in [2.24, 2.45) is 0 Å². The van der Waals surface area contributed by atoms with Gasteiger partial charge in [0, 0.05) is 17.6 Å². The van der Waals surface area contributed by atoms with E-state index in [1.807, 2.05) is 19.1 Å². The zero-order valence-corrected chi connectivity index (χ0v) is 10.5. The Hall–Kier alpha value is -0.890. The van der Waals surface area contributed by atoms with Gasteiger partial charge in [-0.05, 0) is 26.3 Å². The fourth-order valence-electron chi connectivity index (χ4n) is 1.94. The third-order valence-corrected chi connectivity index (χ3v) is 2.90. The van der Waals surface area contributed by atoms with E-state index in [0.29, 0.717) is 6.04 Å². The summed E-state index contributed by atoms with van der Waals surface area (Å²) in [6.07, 6.45) is 3.58. The van der Waals surface area contributed by atoms with Crippen molar-refractivity contribution < 1.29 is 4.39 Å². The van der Waals surface area contributed by atoms with Gasteiger partial charge in [0.05, 0.1) is 0 Å². The minimum Gasteiger partial charge on any atom is -0.308 e. The SMILES string of the molecule is CCCCC(C)NC(C)c1ccccc1F. The highest BCUT2D eigenvalue weighted by Gasteiger charge is 2.12. The maximum atomic E-state index is 13.5. The Bertz CT molecular complexity index is 311. The Morgan fingerprint density at radius 1 is 1.25 bits per heavy atom. The van der Waals surface area contributed by atoms with Crippen LogP contribution in [0.3, 0.4) is 0 Å². The highest BCUT2D eigenvalue weighted by Crippen LogP contribution is 2.17. The largest absolute Gasteiger partial charge is 0.308 e. The number of unbranched alkanes of at least 4 members (excludes halogenated alkanes) is 1. The Labute approximate surface area is 98.1 Å². The number of nitrogens with one attached hydrogen (secondary N) is 1. The van der Waals surface area contributed by atoms with Gasteiger partial charge in [0.15, 0.2) is 0 Å². The fraction of sp³-hybridized carbons (Fsp3) is 0.571. The first kappa shape index (κ1) is 13.2. The average molecular weight is 223 g/mol. The number of rotatable bonds is 6. The Morgan fingerprint density at radius 3 is 2.56 bits per heavy atom. The molecule has 1 aromatic carbocycles. The summed E-state index contributed by atoms with van der Waals surface area (Å²) in [5.74, 6) is -0.120. The molecule has 1 nitrogen and oxygen atoms in total. The van der Waals surface area contributed by atoms with Crippen molar-refractivity contribution in [1.29, 1.82) is 0 Å². The number of benzene rings is 1. The molecule has 0 spiro atoms. The summed E-state index contributed by atoms with van der Waals surface area (Å²) in [7, 11) is 0. The van der Waals surface area contributed by atoms with Crippen LogP contribution in [0.25, 0.3) is 0 Å². The molecule has 0 heterocycles. The van der Waals surface area contributed by atoms with E-state index in [1.54, 1.807) is 6.07 Å². The van der Waals surface area contributed by atoms with E-state index in [1.165, 1.54) is 18.9 Å². The average Bonchev–Trinajstić information content (AvgIpc) is 2.26. The number of hydrogen-bond acceptors (Lipinski definition) is 1. The Balaban J connectivity index is 2.52. The molecule has 0 aliphatic rings. The van der Waals surface area contributed by atoms with E-state index in [0.717, 1.165) is 12.0 Å². The molecule has 0 saturated heterocycles. The van der Waals surface area contributed by atoms with Gasteiger partial charge in [0.2, 0.25) is 0 Å². The number of hydrogen-bond donors (Lipinski definition) is 1. The van der Waals surface area contributed by atoms with Gasteiger partial charge in [0.25, 0.3) is 0 Å². The van der Waals surface area contributed by atoms with Gasteiger partial charge >= 0.3 is 0 Å². The van der Waals surface area contributed by atoms with E-state index in [-0.39, 0.29) is 11.9 Å². The fourth-order valence-corrected chi connectivity index (χ4v) is 1.94. The second-order valence-corrected chi connectivity index (χ2v) is 4.45. The van der Waals surface area contributed by atoms with Crippen LogP contribution in [-0.4, -0.2) is 6.04 Å². The van der Waals surface area contributed by atoms with Crippen LogP contribution in [0.4, 0.5) is 4.39 Å². The summed E-state index contributed by atoms with van der Waals surface area (Å²) in [6.45, 7) is 6.36. The third kappa shape index (κ3) is 3.93. The smallest absolute Gasteiger partial charge is 0.127 e. The van der Waals surface area contributed by atoms with Crippen LogP contribution in [0.15, 0.2) is 24.3 Å². The second kappa shape index (κ2) is 6.64. The molecule has 0 bridgehead atoms. The van der Waals surface area contributed by atoms with Gasteiger partial charge in [-0.3, -0.25) is 0 Å². The van der Waals surface area contributed by atoms with E-state index < -0.39 is 0 Å². The molecule has 0 fully saturated rings. The standard InChI is InChI=1S/C14H22FN/c1-4-5-8-11(2)16-12(3)13-9-6-7-10-14(13)15/h6-7,9-12,16H,4-5,8H2,1-3H3. The van der Waals surface area contributed by atoms with E-state index in [2.05, 4.69) is 19.2 Å². The Morgan fingerprint density at radius 2 is 1.94 bits per heavy atom. The molecule has 2 heteroatoms. The zero-order chi connectivity index (χ0) is 12.0. The molecule has 0 aromatic heterocycles. The first-order chi connectivity index (χ1) is 7.65. The van der Waals surface area contributed by atoms with Crippen molar-refractivity contribution in [1.82, 2.24) is 5.32 Å². The molecule has 1 rings (SSSR count). The van der Waals surface area contributed by atoms with Gasteiger partial charge < -0.3 is 5.32 Å². The molecule has 0 saturated carbocycles. The summed E-state index contributed by atoms with van der Waals surface area (Å²) in [5.41, 5.74) is 0.755. The quantitative estimate of drug-likeness (QED) is 0.767. The lowest BCUT2D eigenvalue weighted by atomic mass is 10.1. The number of halogens is 1. The molecule has 0 aliphatic carbocycles. The van der Waals surface area contributed by atoms with Gasteiger partial charge in [-0.1, -0.05) is 38.0 Å². The first-order valence-corrected chi connectivity index (χ1v) is 6.15. The normalized spacial score (nSPS) is 14.8. The molecule has 1 aromatic rings. The molecule has 0 aliphatic heterocycles. The summed E-state index contributed by atoms with van der Waals surface area (Å²) in [5, 5.41) is 3.43. The van der Waals surface area contributed by atoms with E-state index in [9.17, 15) is 4.39 Å². The second-order valence-electron chi connectivity index (χ2n) is 4.45. The van der Waals surface area contributed by atoms with Crippen LogP contribution < -0.4 is 5.32 Å². The lowest BCUT2D eigenvalue weighted by molar-refractivity contribution is 0.433.